The lowest BCUT2D eigenvalue weighted by molar-refractivity contribution is -0.126. The summed E-state index contributed by atoms with van der Waals surface area (Å²) in [7, 11) is 1.61. The van der Waals surface area contributed by atoms with Gasteiger partial charge in [-0.05, 0) is 50.1 Å². The van der Waals surface area contributed by atoms with Crippen LogP contribution in [0.4, 0.5) is 5.82 Å². The lowest BCUT2D eigenvalue weighted by Crippen LogP contribution is -2.48. The number of aryl methyl sites for hydroxylation is 2. The van der Waals surface area contributed by atoms with Crippen LogP contribution in [0.15, 0.2) is 30.3 Å². The highest BCUT2D eigenvalue weighted by atomic mass is 32.1. The monoisotopic (exact) mass is 466 g/mol. The summed E-state index contributed by atoms with van der Waals surface area (Å²) < 4.78 is 10.9. The number of carbonyl (C=O) groups excluding carboxylic acids is 1. The summed E-state index contributed by atoms with van der Waals surface area (Å²) in [5.74, 6) is 3.14. The Labute approximate surface area is 198 Å². The molecule has 174 valence electrons. The number of piperazine rings is 1. The van der Waals surface area contributed by atoms with Crippen LogP contribution in [0.2, 0.25) is 0 Å². The van der Waals surface area contributed by atoms with E-state index >= 15 is 0 Å². The maximum absolute atomic E-state index is 12.8. The van der Waals surface area contributed by atoms with Crippen molar-refractivity contribution in [3.63, 3.8) is 0 Å². The lowest BCUT2D eigenvalue weighted by Gasteiger charge is -2.35. The van der Waals surface area contributed by atoms with E-state index in [0.29, 0.717) is 31.2 Å². The fourth-order valence-corrected chi connectivity index (χ4v) is 4.96. The fourth-order valence-electron chi connectivity index (χ4n) is 3.95. The molecular weight excluding hydrogens is 436 g/mol. The molecule has 0 saturated carbocycles. The molecule has 33 heavy (non-hydrogen) atoms. The van der Waals surface area contributed by atoms with Gasteiger partial charge in [0.2, 0.25) is 5.91 Å². The Morgan fingerprint density at radius 2 is 1.91 bits per heavy atom. The van der Waals surface area contributed by atoms with E-state index in [2.05, 4.69) is 22.9 Å². The average Bonchev–Trinajstić information content (AvgIpc) is 3.26. The number of hydrogen-bond donors (Lipinski definition) is 0. The van der Waals surface area contributed by atoms with Gasteiger partial charge in [-0.3, -0.25) is 4.79 Å². The summed E-state index contributed by atoms with van der Waals surface area (Å²) in [6.45, 7) is 9.42. The molecule has 1 aliphatic rings. The Morgan fingerprint density at radius 1 is 1.12 bits per heavy atom. The van der Waals surface area contributed by atoms with Crippen molar-refractivity contribution in [1.29, 1.82) is 0 Å². The van der Waals surface area contributed by atoms with E-state index in [1.165, 1.54) is 4.88 Å². The third-order valence-corrected chi connectivity index (χ3v) is 6.85. The molecule has 0 N–H and O–H groups in total. The number of amides is 1. The molecule has 0 spiro atoms. The first kappa shape index (κ1) is 23.0. The van der Waals surface area contributed by atoms with Crippen LogP contribution < -0.4 is 14.4 Å². The first-order chi connectivity index (χ1) is 16.0. The number of thiophene rings is 1. The molecule has 1 aromatic carbocycles. The minimum Gasteiger partial charge on any atom is -0.493 e. The van der Waals surface area contributed by atoms with Crippen molar-refractivity contribution in [2.45, 2.75) is 27.2 Å². The summed E-state index contributed by atoms with van der Waals surface area (Å²) >= 11 is 1.74. The molecule has 3 heterocycles. The van der Waals surface area contributed by atoms with Gasteiger partial charge in [0.05, 0.1) is 19.1 Å². The summed E-state index contributed by atoms with van der Waals surface area (Å²) in [5, 5.41) is 1.12. The molecule has 7 nitrogen and oxygen atoms in total. The number of rotatable bonds is 7. The van der Waals surface area contributed by atoms with Crippen molar-refractivity contribution in [2.24, 2.45) is 0 Å². The molecule has 0 bridgehead atoms. The number of nitrogens with zero attached hydrogens (tertiary/aromatic N) is 4. The van der Waals surface area contributed by atoms with Gasteiger partial charge in [-0.1, -0.05) is 13.0 Å². The molecule has 1 fully saturated rings. The third kappa shape index (κ3) is 5.11. The number of ether oxygens (including phenoxy) is 2. The molecule has 1 saturated heterocycles. The van der Waals surface area contributed by atoms with E-state index in [4.69, 9.17) is 14.5 Å². The highest BCUT2D eigenvalue weighted by Crippen LogP contribution is 2.32. The number of anilines is 1. The third-order valence-electron chi connectivity index (χ3n) is 5.68. The number of hydrogen-bond acceptors (Lipinski definition) is 7. The van der Waals surface area contributed by atoms with Gasteiger partial charge in [-0.25, -0.2) is 9.97 Å². The van der Waals surface area contributed by atoms with E-state index < -0.39 is 0 Å². The normalized spacial score (nSPS) is 14.3. The predicted molar refractivity (Wildman–Crippen MR) is 134 cm³/mol. The molecule has 2 aromatic heterocycles. The first-order valence-electron chi connectivity index (χ1n) is 11.3. The van der Waals surface area contributed by atoms with Crippen molar-refractivity contribution >= 4 is 39.4 Å². The maximum Gasteiger partial charge on any atom is 0.246 e. The number of fused-ring (bicyclic) bond motifs is 1. The quantitative estimate of drug-likeness (QED) is 0.483. The zero-order valence-corrected chi connectivity index (χ0v) is 20.4. The van der Waals surface area contributed by atoms with Crippen molar-refractivity contribution in [2.75, 3.05) is 44.8 Å². The van der Waals surface area contributed by atoms with Gasteiger partial charge in [0.1, 0.15) is 16.5 Å². The number of carbonyl (C=O) groups is 1. The molecule has 1 aliphatic heterocycles. The second-order valence-electron chi connectivity index (χ2n) is 7.87. The minimum atomic E-state index is 0.00955. The first-order valence-corrected chi connectivity index (χ1v) is 12.1. The minimum absolute atomic E-state index is 0.00955. The molecule has 0 radical (unpaired) electrons. The van der Waals surface area contributed by atoms with Crippen LogP contribution in [0, 0.1) is 6.92 Å². The van der Waals surface area contributed by atoms with Crippen LogP contribution >= 0.6 is 11.3 Å². The molecule has 0 atom stereocenters. The van der Waals surface area contributed by atoms with E-state index in [9.17, 15) is 4.79 Å². The van der Waals surface area contributed by atoms with Gasteiger partial charge in [0.15, 0.2) is 11.5 Å². The van der Waals surface area contributed by atoms with Gasteiger partial charge in [0, 0.05) is 37.1 Å². The van der Waals surface area contributed by atoms with E-state index in [-0.39, 0.29) is 5.91 Å². The highest BCUT2D eigenvalue weighted by Gasteiger charge is 2.23. The summed E-state index contributed by atoms with van der Waals surface area (Å²) in [6, 6.07) is 7.87. The van der Waals surface area contributed by atoms with Crippen LogP contribution in [-0.4, -0.2) is 60.7 Å². The van der Waals surface area contributed by atoms with Crippen molar-refractivity contribution in [3.8, 4) is 11.5 Å². The largest absolute Gasteiger partial charge is 0.493 e. The van der Waals surface area contributed by atoms with Crippen LogP contribution in [-0.2, 0) is 11.2 Å². The van der Waals surface area contributed by atoms with Gasteiger partial charge in [0.25, 0.3) is 0 Å². The Hall–Kier alpha value is -3.13. The standard InChI is InChI=1S/C25H30N4O3S/c1-5-19-16-20-24(26-17(3)27-25(20)33-19)29-13-11-28(12-14-29)23(30)10-8-18-7-9-21(32-6-2)22(15-18)31-4/h7-10,15-16H,5-6,11-14H2,1-4H3/b10-8+. The molecule has 0 aliphatic carbocycles. The van der Waals surface area contributed by atoms with Crippen molar-refractivity contribution in [3.05, 3.63) is 46.6 Å². The Bertz CT molecular complexity index is 1170. The fraction of sp³-hybridized carbons (Fsp3) is 0.400. The Morgan fingerprint density at radius 3 is 2.61 bits per heavy atom. The molecule has 0 unspecified atom stereocenters. The predicted octanol–water partition coefficient (Wildman–Crippen LogP) is 4.33. The SMILES string of the molecule is CCOc1ccc(/C=C/C(=O)N2CCN(c3nc(C)nc4sc(CC)cc34)CC2)cc1OC. The van der Waals surface area contributed by atoms with Gasteiger partial charge in [-0.15, -0.1) is 11.3 Å². The Balaban J connectivity index is 1.42. The van der Waals surface area contributed by atoms with Crippen LogP contribution in [0.25, 0.3) is 16.3 Å². The maximum atomic E-state index is 12.8. The average molecular weight is 467 g/mol. The highest BCUT2D eigenvalue weighted by molar-refractivity contribution is 7.18. The number of methoxy groups -OCH3 is 1. The van der Waals surface area contributed by atoms with Gasteiger partial charge in [-0.2, -0.15) is 0 Å². The van der Waals surface area contributed by atoms with Gasteiger partial charge >= 0.3 is 0 Å². The molecule has 3 aromatic rings. The van der Waals surface area contributed by atoms with Crippen LogP contribution in [0.5, 0.6) is 11.5 Å². The number of benzene rings is 1. The second-order valence-corrected chi connectivity index (χ2v) is 8.98. The Kier molecular flexibility index (Phi) is 7.13. The summed E-state index contributed by atoms with van der Waals surface area (Å²) in [6.07, 6.45) is 4.44. The summed E-state index contributed by atoms with van der Waals surface area (Å²) in [5.41, 5.74) is 0.894. The molecular formula is C25H30N4O3S. The topological polar surface area (TPSA) is 67.8 Å². The molecule has 1 amide bonds. The van der Waals surface area contributed by atoms with E-state index in [1.807, 2.05) is 43.0 Å². The van der Waals surface area contributed by atoms with E-state index in [0.717, 1.165) is 46.9 Å². The van der Waals surface area contributed by atoms with Crippen LogP contribution in [0.3, 0.4) is 0 Å². The van der Waals surface area contributed by atoms with Crippen LogP contribution in [0.1, 0.15) is 30.1 Å². The van der Waals surface area contributed by atoms with Crippen molar-refractivity contribution < 1.29 is 14.3 Å². The van der Waals surface area contributed by atoms with Crippen molar-refractivity contribution in [1.82, 2.24) is 14.9 Å². The zero-order chi connectivity index (χ0) is 23.4. The number of aromatic nitrogens is 2. The second kappa shape index (κ2) is 10.2. The van der Waals surface area contributed by atoms with E-state index in [1.54, 1.807) is 24.5 Å². The molecule has 8 heteroatoms. The smallest absolute Gasteiger partial charge is 0.246 e. The summed E-state index contributed by atoms with van der Waals surface area (Å²) in [4.78, 5) is 28.7. The zero-order valence-electron chi connectivity index (χ0n) is 19.6. The van der Waals surface area contributed by atoms with Gasteiger partial charge < -0.3 is 19.3 Å². The molecule has 4 rings (SSSR count). The lowest BCUT2D eigenvalue weighted by atomic mass is 10.1.